The number of carbonyl (C=O) groups is 1. The number of nitro groups is 1. The Kier molecular flexibility index (Phi) is 6.41. The maximum absolute atomic E-state index is 12.7. The molecule has 0 aliphatic carbocycles. The second-order valence-electron chi connectivity index (χ2n) is 7.04. The highest BCUT2D eigenvalue weighted by atomic mass is 16.6. The first-order valence-corrected chi connectivity index (χ1v) is 9.40. The van der Waals surface area contributed by atoms with Crippen LogP contribution in [-0.2, 0) is 11.3 Å². The van der Waals surface area contributed by atoms with Gasteiger partial charge in [-0.1, -0.05) is 28.9 Å². The van der Waals surface area contributed by atoms with E-state index in [1.54, 1.807) is 4.90 Å². The maximum Gasteiger partial charge on any atom is 0.269 e. The maximum atomic E-state index is 12.7. The molecule has 0 radical (unpaired) electrons. The first-order valence-electron chi connectivity index (χ1n) is 9.40. The van der Waals surface area contributed by atoms with Crippen LogP contribution in [0.25, 0.3) is 11.4 Å². The molecule has 1 heterocycles. The van der Waals surface area contributed by atoms with Crippen LogP contribution < -0.4 is 4.74 Å². The second-order valence-corrected chi connectivity index (χ2v) is 7.04. The average Bonchev–Trinajstić information content (AvgIpc) is 3.19. The Hall–Kier alpha value is -3.75. The van der Waals surface area contributed by atoms with Gasteiger partial charge in [-0.2, -0.15) is 4.98 Å². The van der Waals surface area contributed by atoms with Gasteiger partial charge in [0.15, 0.2) is 6.61 Å². The molecule has 0 saturated carbocycles. The van der Waals surface area contributed by atoms with E-state index in [9.17, 15) is 14.9 Å². The lowest BCUT2D eigenvalue weighted by atomic mass is 10.1. The van der Waals surface area contributed by atoms with Gasteiger partial charge in [0.25, 0.3) is 11.6 Å². The van der Waals surface area contributed by atoms with Crippen molar-refractivity contribution in [3.63, 3.8) is 0 Å². The highest BCUT2D eigenvalue weighted by Gasteiger charge is 2.21. The molecule has 0 N–H and O–H groups in total. The molecule has 0 saturated heterocycles. The fourth-order valence-corrected chi connectivity index (χ4v) is 2.82. The van der Waals surface area contributed by atoms with Crippen molar-refractivity contribution >= 4 is 11.6 Å². The number of benzene rings is 2. The predicted octanol–water partition coefficient (Wildman–Crippen LogP) is 3.77. The van der Waals surface area contributed by atoms with Crippen molar-refractivity contribution in [2.24, 2.45) is 0 Å². The van der Waals surface area contributed by atoms with Crippen LogP contribution in [0.3, 0.4) is 0 Å². The molecule has 0 aliphatic rings. The number of nitro benzene ring substituents is 1. The largest absolute Gasteiger partial charge is 0.484 e. The lowest BCUT2D eigenvalue weighted by Gasteiger charge is -2.25. The molecule has 30 heavy (non-hydrogen) atoms. The predicted molar refractivity (Wildman–Crippen MR) is 109 cm³/mol. The Morgan fingerprint density at radius 1 is 1.23 bits per heavy atom. The van der Waals surface area contributed by atoms with E-state index in [-0.39, 0.29) is 30.8 Å². The third kappa shape index (κ3) is 5.19. The van der Waals surface area contributed by atoms with Gasteiger partial charge in [-0.25, -0.2) is 0 Å². The van der Waals surface area contributed by atoms with Gasteiger partial charge in [0.05, 0.1) is 4.92 Å². The number of rotatable bonds is 8. The van der Waals surface area contributed by atoms with Gasteiger partial charge < -0.3 is 14.2 Å². The SMILES string of the molecule is Cc1cccc(-c2noc(CN(C(=O)COc3ccc([N+](=O)[O-])cc3)C(C)C)n2)c1. The third-order valence-corrected chi connectivity index (χ3v) is 4.40. The Morgan fingerprint density at radius 3 is 2.60 bits per heavy atom. The second kappa shape index (κ2) is 9.17. The normalized spacial score (nSPS) is 10.8. The molecule has 3 aromatic rings. The Balaban J connectivity index is 1.64. The molecule has 0 spiro atoms. The van der Waals surface area contributed by atoms with Crippen molar-refractivity contribution in [2.75, 3.05) is 6.61 Å². The monoisotopic (exact) mass is 410 g/mol. The van der Waals surface area contributed by atoms with E-state index in [0.717, 1.165) is 11.1 Å². The number of hydrogen-bond donors (Lipinski definition) is 0. The molecule has 9 heteroatoms. The number of aromatic nitrogens is 2. The average molecular weight is 410 g/mol. The number of ether oxygens (including phenoxy) is 1. The molecule has 2 aromatic carbocycles. The Morgan fingerprint density at radius 2 is 1.97 bits per heavy atom. The van der Waals surface area contributed by atoms with Gasteiger partial charge in [-0.3, -0.25) is 14.9 Å². The molecule has 0 unspecified atom stereocenters. The zero-order valence-electron chi connectivity index (χ0n) is 16.9. The minimum atomic E-state index is -0.495. The summed E-state index contributed by atoms with van der Waals surface area (Å²) in [5, 5.41) is 14.7. The van der Waals surface area contributed by atoms with E-state index in [1.165, 1.54) is 24.3 Å². The number of carbonyl (C=O) groups excluding carboxylic acids is 1. The van der Waals surface area contributed by atoms with Crippen molar-refractivity contribution in [3.05, 3.63) is 70.1 Å². The van der Waals surface area contributed by atoms with Crippen LogP contribution in [0.5, 0.6) is 5.75 Å². The molecule has 0 atom stereocenters. The highest BCUT2D eigenvalue weighted by Crippen LogP contribution is 2.19. The Labute approximate surface area is 173 Å². The zero-order valence-corrected chi connectivity index (χ0v) is 16.9. The molecule has 3 rings (SSSR count). The number of nitrogens with zero attached hydrogens (tertiary/aromatic N) is 4. The number of non-ortho nitro benzene ring substituents is 1. The van der Waals surface area contributed by atoms with Crippen LogP contribution >= 0.6 is 0 Å². The summed E-state index contributed by atoms with van der Waals surface area (Å²) in [4.78, 5) is 28.8. The Bertz CT molecular complexity index is 1030. The molecule has 0 bridgehead atoms. The fraction of sp³-hybridized carbons (Fsp3) is 0.286. The number of hydrogen-bond acceptors (Lipinski definition) is 7. The smallest absolute Gasteiger partial charge is 0.269 e. The van der Waals surface area contributed by atoms with Gasteiger partial charge in [0.2, 0.25) is 11.7 Å². The first-order chi connectivity index (χ1) is 14.3. The van der Waals surface area contributed by atoms with E-state index in [1.807, 2.05) is 45.0 Å². The fourth-order valence-electron chi connectivity index (χ4n) is 2.82. The molecule has 1 aromatic heterocycles. The molecule has 0 aliphatic heterocycles. The van der Waals surface area contributed by atoms with E-state index in [4.69, 9.17) is 9.26 Å². The molecular weight excluding hydrogens is 388 g/mol. The summed E-state index contributed by atoms with van der Waals surface area (Å²) in [5.74, 6) is 0.895. The summed E-state index contributed by atoms with van der Waals surface area (Å²) < 4.78 is 10.8. The summed E-state index contributed by atoms with van der Waals surface area (Å²) in [6, 6.07) is 13.2. The molecule has 156 valence electrons. The summed E-state index contributed by atoms with van der Waals surface area (Å²) in [7, 11) is 0. The van der Waals surface area contributed by atoms with E-state index in [0.29, 0.717) is 17.5 Å². The quantitative estimate of drug-likeness (QED) is 0.410. The molecule has 9 nitrogen and oxygen atoms in total. The topological polar surface area (TPSA) is 112 Å². The number of amides is 1. The van der Waals surface area contributed by atoms with Crippen LogP contribution in [-0.4, -0.2) is 38.5 Å². The van der Waals surface area contributed by atoms with Crippen molar-refractivity contribution in [3.8, 4) is 17.1 Å². The van der Waals surface area contributed by atoms with Crippen LogP contribution in [0, 0.1) is 17.0 Å². The highest BCUT2D eigenvalue weighted by molar-refractivity contribution is 5.78. The summed E-state index contributed by atoms with van der Waals surface area (Å²) in [5.41, 5.74) is 1.88. The molecule has 0 fully saturated rings. The van der Waals surface area contributed by atoms with Crippen LogP contribution in [0.1, 0.15) is 25.3 Å². The van der Waals surface area contributed by atoms with Gasteiger partial charge >= 0.3 is 0 Å². The van der Waals surface area contributed by atoms with Gasteiger partial charge in [0, 0.05) is 23.7 Å². The van der Waals surface area contributed by atoms with E-state index >= 15 is 0 Å². The van der Waals surface area contributed by atoms with Gasteiger partial charge in [0.1, 0.15) is 12.3 Å². The molecule has 1 amide bonds. The van der Waals surface area contributed by atoms with Crippen molar-refractivity contribution in [2.45, 2.75) is 33.4 Å². The lowest BCUT2D eigenvalue weighted by molar-refractivity contribution is -0.384. The lowest BCUT2D eigenvalue weighted by Crippen LogP contribution is -2.39. The number of aryl methyl sites for hydroxylation is 1. The van der Waals surface area contributed by atoms with Crippen LogP contribution in [0.2, 0.25) is 0 Å². The van der Waals surface area contributed by atoms with Crippen molar-refractivity contribution in [1.29, 1.82) is 0 Å². The van der Waals surface area contributed by atoms with E-state index in [2.05, 4.69) is 10.1 Å². The van der Waals surface area contributed by atoms with Gasteiger partial charge in [-0.05, 0) is 39.0 Å². The van der Waals surface area contributed by atoms with Crippen LogP contribution in [0.4, 0.5) is 5.69 Å². The molecular formula is C21H22N4O5. The van der Waals surface area contributed by atoms with Crippen molar-refractivity contribution in [1.82, 2.24) is 15.0 Å². The van der Waals surface area contributed by atoms with Crippen LogP contribution in [0.15, 0.2) is 53.1 Å². The van der Waals surface area contributed by atoms with E-state index < -0.39 is 4.92 Å². The zero-order chi connectivity index (χ0) is 21.7. The first kappa shape index (κ1) is 21.0. The van der Waals surface area contributed by atoms with Crippen molar-refractivity contribution < 1.29 is 19.0 Å². The summed E-state index contributed by atoms with van der Waals surface area (Å²) in [6.07, 6.45) is 0. The van der Waals surface area contributed by atoms with Gasteiger partial charge in [-0.15, -0.1) is 0 Å². The summed E-state index contributed by atoms with van der Waals surface area (Å²) in [6.45, 7) is 5.67. The summed E-state index contributed by atoms with van der Waals surface area (Å²) >= 11 is 0. The third-order valence-electron chi connectivity index (χ3n) is 4.40. The minimum Gasteiger partial charge on any atom is -0.484 e. The minimum absolute atomic E-state index is 0.0432. The standard InChI is InChI=1S/C21H22N4O5/c1-14(2)24(20(26)13-29-18-9-7-17(8-10-18)25(27)28)12-19-22-21(23-30-19)16-6-4-5-15(3)11-16/h4-11,14H,12-13H2,1-3H3.